The van der Waals surface area contributed by atoms with Crippen molar-refractivity contribution in [2.45, 2.75) is 134 Å². The van der Waals surface area contributed by atoms with Crippen LogP contribution in [0, 0.1) is 0 Å². The number of fused-ring (bicyclic) bond motifs is 3. The van der Waals surface area contributed by atoms with Crippen molar-refractivity contribution in [2.75, 3.05) is 75.5 Å². The molecule has 0 spiro atoms. The van der Waals surface area contributed by atoms with Crippen LogP contribution >= 0.6 is 0 Å². The van der Waals surface area contributed by atoms with Crippen LogP contribution in [0.2, 0.25) is 0 Å². The molecule has 3 aliphatic heterocycles. The highest BCUT2D eigenvalue weighted by Crippen LogP contribution is 2.44. The van der Waals surface area contributed by atoms with E-state index in [9.17, 15) is 19.8 Å². The third kappa shape index (κ3) is 13.7. The van der Waals surface area contributed by atoms with Crippen LogP contribution in [-0.2, 0) is 29.8 Å². The Bertz CT molecular complexity index is 2940. The van der Waals surface area contributed by atoms with E-state index in [4.69, 9.17) is 30.4 Å². The van der Waals surface area contributed by atoms with Gasteiger partial charge in [0.25, 0.3) is 0 Å². The van der Waals surface area contributed by atoms with Gasteiger partial charge < -0.3 is 71.7 Å². The predicted octanol–water partition coefficient (Wildman–Crippen LogP) is 4.74. The van der Waals surface area contributed by atoms with Crippen molar-refractivity contribution in [3.63, 3.8) is 0 Å². The van der Waals surface area contributed by atoms with Gasteiger partial charge in [-0.25, -0.2) is 39.5 Å². The van der Waals surface area contributed by atoms with E-state index in [1.165, 1.54) is 30.1 Å². The highest BCUT2D eigenvalue weighted by Gasteiger charge is 2.56. The molecule has 2 aromatic carbocycles. The topological polar surface area (TPSA) is 305 Å². The molecule has 8 atom stereocenters. The number of aliphatic hydroxyl groups is 2. The number of nitrogens with one attached hydrogen (secondary N) is 4. The zero-order valence-corrected chi connectivity index (χ0v) is 45.7. The summed E-state index contributed by atoms with van der Waals surface area (Å²) in [7, 11) is 3.93. The number of aliphatic hydroxyl groups excluding tert-OH is 2. The molecule has 0 saturated carbocycles. The molecule has 416 valence electrons. The van der Waals surface area contributed by atoms with Gasteiger partial charge in [-0.05, 0) is 100 Å². The van der Waals surface area contributed by atoms with E-state index >= 15 is 0 Å². The number of anilines is 4. The smallest absolute Gasteiger partial charge is 0.319 e. The van der Waals surface area contributed by atoms with Gasteiger partial charge in [0.1, 0.15) is 60.3 Å². The van der Waals surface area contributed by atoms with E-state index in [0.29, 0.717) is 67.3 Å². The lowest BCUT2D eigenvalue weighted by atomic mass is 9.87. The number of imidazole rings is 2. The van der Waals surface area contributed by atoms with Crippen molar-refractivity contribution in [3.05, 3.63) is 85.0 Å². The molecule has 24 nitrogen and oxygen atoms in total. The van der Waals surface area contributed by atoms with E-state index in [2.05, 4.69) is 97.6 Å². The van der Waals surface area contributed by atoms with Gasteiger partial charge in [-0.2, -0.15) is 0 Å². The number of benzene rings is 2. The lowest BCUT2D eigenvalue weighted by molar-refractivity contribution is -0.197. The van der Waals surface area contributed by atoms with Crippen molar-refractivity contribution < 1.29 is 38.7 Å². The van der Waals surface area contributed by atoms with Crippen molar-refractivity contribution in [1.82, 2.24) is 59.5 Å². The van der Waals surface area contributed by atoms with Gasteiger partial charge in [-0.3, -0.25) is 9.13 Å². The van der Waals surface area contributed by atoms with Gasteiger partial charge in [-0.1, -0.05) is 65.8 Å². The summed E-state index contributed by atoms with van der Waals surface area (Å²) in [5.74, 6) is -0.184. The Labute approximate surface area is 448 Å². The molecular formula is C53H76N16O8. The number of carbonyl (C=O) groups is 2. The van der Waals surface area contributed by atoms with Gasteiger partial charge in [0.2, 0.25) is 0 Å². The quantitative estimate of drug-likeness (QED) is 0.0607. The molecule has 3 saturated heterocycles. The molecular weight excluding hydrogens is 989 g/mol. The molecule has 7 heterocycles. The maximum absolute atomic E-state index is 12.4. The number of nitrogen functional groups attached to an aromatic ring is 2. The number of nitrogens with zero attached hydrogens (tertiary/aromatic N) is 10. The lowest BCUT2D eigenvalue weighted by Crippen LogP contribution is -2.39. The fourth-order valence-electron chi connectivity index (χ4n) is 9.61. The fraction of sp³-hybridized carbons (Fsp3) is 0.547. The Morgan fingerprint density at radius 3 is 1.52 bits per heavy atom. The largest absolute Gasteiger partial charge is 0.387 e. The summed E-state index contributed by atoms with van der Waals surface area (Å²) in [5, 5.41) is 32.7. The third-order valence-corrected chi connectivity index (χ3v) is 13.8. The Hall–Kier alpha value is -6.64. The summed E-state index contributed by atoms with van der Waals surface area (Å²) in [4.78, 5) is 53.8. The lowest BCUT2D eigenvalue weighted by Gasteiger charge is -2.27. The Kier molecular flexibility index (Phi) is 17.3. The highest BCUT2D eigenvalue weighted by molar-refractivity contribution is 5.90. The first-order valence-electron chi connectivity index (χ1n) is 26.0. The number of rotatable bonds is 16. The number of urea groups is 2. The van der Waals surface area contributed by atoms with Crippen LogP contribution in [0.3, 0.4) is 0 Å². The minimum absolute atomic E-state index is 0.0583. The van der Waals surface area contributed by atoms with E-state index in [0.717, 1.165) is 24.3 Å². The minimum atomic E-state index is -1.16. The van der Waals surface area contributed by atoms with Crippen molar-refractivity contribution in [2.24, 2.45) is 0 Å². The number of nitrogens with two attached hydrogens (primary N) is 2. The first kappa shape index (κ1) is 56.6. The first-order valence-corrected chi connectivity index (χ1v) is 26.0. The van der Waals surface area contributed by atoms with Crippen LogP contribution in [0.1, 0.15) is 91.8 Å². The molecule has 3 aliphatic rings. The van der Waals surface area contributed by atoms with E-state index < -0.39 is 36.6 Å². The van der Waals surface area contributed by atoms with Gasteiger partial charge in [0.05, 0.1) is 12.7 Å². The number of ether oxygens (including phenoxy) is 4. The van der Waals surface area contributed by atoms with E-state index in [1.54, 1.807) is 10.9 Å². The number of carbonyl (C=O) groups excluding carboxylic acids is 2. The molecule has 2 unspecified atom stereocenters. The Morgan fingerprint density at radius 1 is 0.623 bits per heavy atom. The summed E-state index contributed by atoms with van der Waals surface area (Å²) in [6, 6.07) is 15.3. The average Bonchev–Trinajstić information content (AvgIpc) is 4.25. The van der Waals surface area contributed by atoms with E-state index in [-0.39, 0.29) is 47.0 Å². The Balaban J connectivity index is 0.000000204. The molecule has 24 heteroatoms. The van der Waals surface area contributed by atoms with Crippen molar-refractivity contribution >= 4 is 57.4 Å². The highest BCUT2D eigenvalue weighted by atomic mass is 16.8. The number of hydrogen-bond donors (Lipinski definition) is 8. The van der Waals surface area contributed by atoms with Gasteiger partial charge in [0, 0.05) is 37.6 Å². The van der Waals surface area contributed by atoms with Crippen LogP contribution < -0.4 is 32.7 Å². The zero-order chi connectivity index (χ0) is 55.4. The number of hydrogen-bond acceptors (Lipinski definition) is 18. The molecule has 6 aromatic rings. The molecule has 0 bridgehead atoms. The summed E-state index contributed by atoms with van der Waals surface area (Å²) < 4.78 is 28.4. The maximum Gasteiger partial charge on any atom is 0.319 e. The SMILES string of the molecule is CN(CCCNC(=O)Nc1ccc(C(C)(C)C)cc1)C[C@H]1O[C@@H](n2cnc3c(N)ncnc32)C(O)[C@@H]1O.CN(CCCNC(=O)Nc1ccc(C(C)(C)C)cc1)C[C@H]1O[C@@H](n2cnc3c(N)ncnc32)C2OC(C)(C)O[C@@H]21. The third-order valence-electron chi connectivity index (χ3n) is 13.8. The van der Waals surface area contributed by atoms with Crippen LogP contribution in [0.4, 0.5) is 32.6 Å². The molecule has 10 N–H and O–H groups in total. The van der Waals surface area contributed by atoms with E-state index in [1.807, 2.05) is 85.9 Å². The fourth-order valence-corrected chi connectivity index (χ4v) is 9.61. The number of likely N-dealkylation sites (N-methyl/N-ethyl adjacent to an activating group) is 2. The summed E-state index contributed by atoms with van der Waals surface area (Å²) in [6.45, 7) is 20.2. The molecule has 3 fully saturated rings. The summed E-state index contributed by atoms with van der Waals surface area (Å²) in [6.07, 6.45) is 2.35. The first-order chi connectivity index (χ1) is 36.5. The number of aromatic nitrogens is 8. The maximum atomic E-state index is 12.4. The molecule has 0 radical (unpaired) electrons. The molecule has 4 amide bonds. The number of amides is 4. The average molecular weight is 1070 g/mol. The Morgan fingerprint density at radius 2 is 1.05 bits per heavy atom. The van der Waals surface area contributed by atoms with Gasteiger partial charge in [-0.15, -0.1) is 0 Å². The van der Waals surface area contributed by atoms with Gasteiger partial charge in [0.15, 0.2) is 41.2 Å². The van der Waals surface area contributed by atoms with Crippen LogP contribution in [0.5, 0.6) is 0 Å². The molecule has 4 aromatic heterocycles. The second kappa shape index (κ2) is 23.5. The molecule has 0 aliphatic carbocycles. The van der Waals surface area contributed by atoms with Crippen LogP contribution in [0.25, 0.3) is 22.3 Å². The van der Waals surface area contributed by atoms with Crippen LogP contribution in [-0.4, -0.2) is 167 Å². The normalized spacial score (nSPS) is 23.0. The van der Waals surface area contributed by atoms with Crippen LogP contribution in [0.15, 0.2) is 73.8 Å². The second-order valence-corrected chi connectivity index (χ2v) is 22.5. The predicted molar refractivity (Wildman–Crippen MR) is 292 cm³/mol. The minimum Gasteiger partial charge on any atom is -0.387 e. The zero-order valence-electron chi connectivity index (χ0n) is 45.7. The second-order valence-electron chi connectivity index (χ2n) is 22.5. The van der Waals surface area contributed by atoms with Gasteiger partial charge >= 0.3 is 12.1 Å². The summed E-state index contributed by atoms with van der Waals surface area (Å²) >= 11 is 0. The molecule has 77 heavy (non-hydrogen) atoms. The summed E-state index contributed by atoms with van der Waals surface area (Å²) in [5.41, 5.74) is 17.8. The van der Waals surface area contributed by atoms with Crippen molar-refractivity contribution in [1.29, 1.82) is 0 Å². The standard InChI is InChI=1S/C28H40N8O4.C25H36N8O4/c1-27(2,3)17-8-10-18(11-9-17)34-26(37)30-12-7-13-35(6)14-19-21-22(40-28(4,5)39-21)25(38-19)36-16-33-20-23(29)31-15-32-24(20)36;1-25(2,3)15-6-8-16(9-7-15)31-24(36)27-10-5-11-32(4)12-17-19(34)20(35)23(37-17)33-14-30-18-21(26)28-13-29-22(18)33/h8-11,15-16,19,21-22,25H,7,12-14H2,1-6H3,(H2,29,31,32)(H2,30,34,37);6-9,13-14,17,19-20,23,34-35H,5,10-12H2,1-4H3,(H2,26,28,29)(H2,27,31,36)/t19-,21-,22?,25-;17-,19-,20?,23-/m11/s1. The monoisotopic (exact) mass is 1060 g/mol. The van der Waals surface area contributed by atoms with Crippen molar-refractivity contribution in [3.8, 4) is 0 Å². The molecule has 9 rings (SSSR count).